The SMILES string of the molecule is Cc1ccccc1-n1c2nc3ccccc3nc2c2c(=O)n(C3CCCC3)cnc21. The monoisotopic (exact) mass is 395 g/mol. The minimum atomic E-state index is -0.0196. The lowest BCUT2D eigenvalue weighted by atomic mass is 10.2. The number of para-hydroxylation sites is 3. The van der Waals surface area contributed by atoms with Gasteiger partial charge in [-0.2, -0.15) is 0 Å². The van der Waals surface area contributed by atoms with Crippen molar-refractivity contribution >= 4 is 33.2 Å². The van der Waals surface area contributed by atoms with Gasteiger partial charge in [0.25, 0.3) is 5.56 Å². The molecule has 30 heavy (non-hydrogen) atoms. The minimum absolute atomic E-state index is 0.0196. The first-order chi connectivity index (χ1) is 14.7. The molecule has 148 valence electrons. The van der Waals surface area contributed by atoms with Gasteiger partial charge in [0.05, 0.1) is 16.7 Å². The lowest BCUT2D eigenvalue weighted by molar-refractivity contribution is 0.499. The van der Waals surface area contributed by atoms with Gasteiger partial charge < -0.3 is 0 Å². The number of rotatable bonds is 2. The van der Waals surface area contributed by atoms with Gasteiger partial charge >= 0.3 is 0 Å². The van der Waals surface area contributed by atoms with E-state index in [0.29, 0.717) is 22.2 Å². The van der Waals surface area contributed by atoms with E-state index in [-0.39, 0.29) is 11.6 Å². The fraction of sp³-hybridized carbons (Fsp3) is 0.250. The molecule has 5 aromatic rings. The molecular formula is C24H21N5O. The van der Waals surface area contributed by atoms with Crippen LogP contribution in [0.2, 0.25) is 0 Å². The molecule has 6 nitrogen and oxygen atoms in total. The molecule has 0 spiro atoms. The summed E-state index contributed by atoms with van der Waals surface area (Å²) in [6.07, 6.45) is 6.08. The van der Waals surface area contributed by atoms with Gasteiger partial charge in [-0.1, -0.05) is 43.2 Å². The van der Waals surface area contributed by atoms with Crippen molar-refractivity contribution in [3.63, 3.8) is 0 Å². The number of nitrogens with zero attached hydrogens (tertiary/aromatic N) is 5. The molecule has 6 heteroatoms. The van der Waals surface area contributed by atoms with Crippen LogP contribution in [0.4, 0.5) is 0 Å². The molecule has 0 amide bonds. The highest BCUT2D eigenvalue weighted by Crippen LogP contribution is 2.32. The second-order valence-electron chi connectivity index (χ2n) is 8.10. The molecule has 1 saturated carbocycles. The maximum Gasteiger partial charge on any atom is 0.265 e. The van der Waals surface area contributed by atoms with E-state index in [0.717, 1.165) is 48.0 Å². The predicted octanol–water partition coefficient (Wildman–Crippen LogP) is 4.71. The molecule has 1 aliphatic rings. The van der Waals surface area contributed by atoms with Gasteiger partial charge in [0.15, 0.2) is 11.3 Å². The summed E-state index contributed by atoms with van der Waals surface area (Å²) >= 11 is 0. The molecule has 2 aromatic carbocycles. The molecular weight excluding hydrogens is 374 g/mol. The fourth-order valence-electron chi connectivity index (χ4n) is 4.74. The molecule has 0 N–H and O–H groups in total. The second-order valence-corrected chi connectivity index (χ2v) is 8.10. The zero-order valence-corrected chi connectivity index (χ0v) is 16.7. The van der Waals surface area contributed by atoms with Crippen molar-refractivity contribution in [3.8, 4) is 5.69 Å². The van der Waals surface area contributed by atoms with Crippen LogP contribution in [-0.2, 0) is 0 Å². The van der Waals surface area contributed by atoms with E-state index in [2.05, 4.69) is 13.0 Å². The summed E-state index contributed by atoms with van der Waals surface area (Å²) in [7, 11) is 0. The van der Waals surface area contributed by atoms with Gasteiger partial charge in [0, 0.05) is 6.04 Å². The summed E-state index contributed by atoms with van der Waals surface area (Å²) < 4.78 is 3.80. The van der Waals surface area contributed by atoms with Gasteiger partial charge in [0.2, 0.25) is 0 Å². The number of benzene rings is 2. The molecule has 1 fully saturated rings. The summed E-state index contributed by atoms with van der Waals surface area (Å²) in [6.45, 7) is 2.06. The van der Waals surface area contributed by atoms with E-state index in [1.54, 1.807) is 6.33 Å². The van der Waals surface area contributed by atoms with E-state index in [9.17, 15) is 4.79 Å². The Morgan fingerprint density at radius 2 is 1.60 bits per heavy atom. The molecule has 0 aliphatic heterocycles. The molecule has 0 bridgehead atoms. The number of aromatic nitrogens is 5. The molecule has 0 saturated heterocycles. The van der Waals surface area contributed by atoms with Crippen molar-refractivity contribution in [3.05, 3.63) is 70.8 Å². The zero-order chi connectivity index (χ0) is 20.2. The molecule has 3 aromatic heterocycles. The normalized spacial score (nSPS) is 15.0. The predicted molar refractivity (Wildman–Crippen MR) is 118 cm³/mol. The first-order valence-corrected chi connectivity index (χ1v) is 10.5. The van der Waals surface area contributed by atoms with Crippen molar-refractivity contribution in [2.75, 3.05) is 0 Å². The highest BCUT2D eigenvalue weighted by molar-refractivity contribution is 6.05. The Kier molecular flexibility index (Phi) is 3.75. The lowest BCUT2D eigenvalue weighted by Gasteiger charge is -2.13. The molecule has 3 heterocycles. The van der Waals surface area contributed by atoms with Crippen molar-refractivity contribution in [1.29, 1.82) is 0 Å². The van der Waals surface area contributed by atoms with E-state index < -0.39 is 0 Å². The van der Waals surface area contributed by atoms with Gasteiger partial charge in [-0.25, -0.2) is 15.0 Å². The Morgan fingerprint density at radius 1 is 0.900 bits per heavy atom. The summed E-state index contributed by atoms with van der Waals surface area (Å²) in [5.74, 6) is 0. The highest BCUT2D eigenvalue weighted by Gasteiger charge is 2.24. The summed E-state index contributed by atoms with van der Waals surface area (Å²) in [5.41, 5.74) is 5.54. The van der Waals surface area contributed by atoms with Gasteiger partial charge in [-0.05, 0) is 43.5 Å². The zero-order valence-electron chi connectivity index (χ0n) is 16.7. The summed E-state index contributed by atoms with van der Waals surface area (Å²) in [6, 6.07) is 16.1. The second kappa shape index (κ2) is 6.49. The van der Waals surface area contributed by atoms with Crippen LogP contribution < -0.4 is 5.56 Å². The number of hydrogen-bond donors (Lipinski definition) is 0. The molecule has 0 unspecified atom stereocenters. The largest absolute Gasteiger partial charge is 0.295 e. The Bertz CT molecular complexity index is 1490. The third kappa shape index (κ3) is 2.43. The highest BCUT2D eigenvalue weighted by atomic mass is 16.1. The molecule has 0 radical (unpaired) electrons. The van der Waals surface area contributed by atoms with Crippen LogP contribution in [0.5, 0.6) is 0 Å². The fourth-order valence-corrected chi connectivity index (χ4v) is 4.74. The average molecular weight is 395 g/mol. The molecule has 0 atom stereocenters. The lowest BCUT2D eigenvalue weighted by Crippen LogP contribution is -2.23. The third-order valence-electron chi connectivity index (χ3n) is 6.26. The Morgan fingerprint density at radius 3 is 2.37 bits per heavy atom. The Labute approximate surface area is 172 Å². The summed E-state index contributed by atoms with van der Waals surface area (Å²) in [5, 5.41) is 0.556. The van der Waals surface area contributed by atoms with Crippen molar-refractivity contribution in [2.24, 2.45) is 0 Å². The average Bonchev–Trinajstić information content (AvgIpc) is 3.39. The van der Waals surface area contributed by atoms with E-state index >= 15 is 0 Å². The number of hydrogen-bond acceptors (Lipinski definition) is 4. The van der Waals surface area contributed by atoms with Crippen LogP contribution in [0.15, 0.2) is 59.7 Å². The molecule has 1 aliphatic carbocycles. The quantitative estimate of drug-likeness (QED) is 0.434. The van der Waals surface area contributed by atoms with Crippen LogP contribution >= 0.6 is 0 Å². The van der Waals surface area contributed by atoms with E-state index in [1.807, 2.05) is 51.6 Å². The maximum absolute atomic E-state index is 13.6. The van der Waals surface area contributed by atoms with E-state index in [4.69, 9.17) is 15.0 Å². The first kappa shape index (κ1) is 17.3. The Balaban J connectivity index is 1.79. The third-order valence-corrected chi connectivity index (χ3v) is 6.26. The minimum Gasteiger partial charge on any atom is -0.295 e. The first-order valence-electron chi connectivity index (χ1n) is 10.5. The van der Waals surface area contributed by atoms with Crippen LogP contribution in [0.25, 0.3) is 38.9 Å². The topological polar surface area (TPSA) is 65.6 Å². The van der Waals surface area contributed by atoms with Crippen molar-refractivity contribution in [1.82, 2.24) is 24.1 Å². The van der Waals surface area contributed by atoms with Crippen LogP contribution in [0.1, 0.15) is 37.3 Å². The van der Waals surface area contributed by atoms with Crippen molar-refractivity contribution < 1.29 is 0 Å². The van der Waals surface area contributed by atoms with Gasteiger partial charge in [-0.3, -0.25) is 13.9 Å². The maximum atomic E-state index is 13.6. The Hall–Kier alpha value is -3.54. The van der Waals surface area contributed by atoms with E-state index in [1.165, 1.54) is 0 Å². The van der Waals surface area contributed by atoms with Crippen molar-refractivity contribution in [2.45, 2.75) is 38.6 Å². The standard InChI is InChI=1S/C24H21N5O/c1-15-8-2-7-13-19(15)29-22-20(24(30)28(14-25-22)16-9-3-4-10-16)21-23(29)27-18-12-6-5-11-17(18)26-21/h2,5-8,11-14,16H,3-4,9-10H2,1H3. The van der Waals surface area contributed by atoms with Crippen LogP contribution in [0, 0.1) is 6.92 Å². The van der Waals surface area contributed by atoms with Crippen LogP contribution in [0.3, 0.4) is 0 Å². The van der Waals surface area contributed by atoms with Crippen LogP contribution in [-0.4, -0.2) is 24.1 Å². The van der Waals surface area contributed by atoms with Gasteiger partial charge in [0.1, 0.15) is 17.2 Å². The molecule has 6 rings (SSSR count). The number of aryl methyl sites for hydroxylation is 1. The summed E-state index contributed by atoms with van der Waals surface area (Å²) in [4.78, 5) is 28.2. The smallest absolute Gasteiger partial charge is 0.265 e. The van der Waals surface area contributed by atoms with Gasteiger partial charge in [-0.15, -0.1) is 0 Å². The number of fused-ring (bicyclic) bond motifs is 4.